The van der Waals surface area contributed by atoms with Gasteiger partial charge < -0.3 is 9.88 Å². The fraction of sp³-hybridized carbons (Fsp3) is 0.526. The number of hydrogen-bond donors (Lipinski definition) is 1. The van der Waals surface area contributed by atoms with Crippen LogP contribution in [0.5, 0.6) is 0 Å². The monoisotopic (exact) mass is 311 g/mol. The fourth-order valence-electron chi connectivity index (χ4n) is 3.88. The van der Waals surface area contributed by atoms with Crippen LogP contribution in [0.25, 0.3) is 10.9 Å². The lowest BCUT2D eigenvalue weighted by molar-refractivity contribution is -0.136. The maximum atomic E-state index is 13.0. The second-order valence-electron chi connectivity index (χ2n) is 6.88. The Morgan fingerprint density at radius 2 is 2.17 bits per heavy atom. The molecule has 4 rings (SSSR count). The SMILES string of the molecule is CCN(Cc1ccc2[nH]ccc2c1)C(=O)[C@@H]1CCCN1C1CC1. The number of benzene rings is 1. The number of fused-ring (bicyclic) bond motifs is 1. The minimum Gasteiger partial charge on any atom is -0.361 e. The van der Waals surface area contributed by atoms with Crippen molar-refractivity contribution in [2.75, 3.05) is 13.1 Å². The predicted molar refractivity (Wildman–Crippen MR) is 92.1 cm³/mol. The van der Waals surface area contributed by atoms with Gasteiger partial charge in [-0.05, 0) is 68.3 Å². The Balaban J connectivity index is 1.49. The summed E-state index contributed by atoms with van der Waals surface area (Å²) < 4.78 is 0. The van der Waals surface area contributed by atoms with Crippen molar-refractivity contribution in [3.05, 3.63) is 36.0 Å². The lowest BCUT2D eigenvalue weighted by atomic mass is 10.1. The number of carbonyl (C=O) groups is 1. The van der Waals surface area contributed by atoms with Crippen molar-refractivity contribution in [2.45, 2.75) is 51.2 Å². The van der Waals surface area contributed by atoms with Crippen molar-refractivity contribution in [3.8, 4) is 0 Å². The molecule has 2 fully saturated rings. The molecule has 1 aromatic heterocycles. The summed E-state index contributed by atoms with van der Waals surface area (Å²) in [6, 6.07) is 9.31. The highest BCUT2D eigenvalue weighted by atomic mass is 16.2. The van der Waals surface area contributed by atoms with Crippen LogP contribution in [0.3, 0.4) is 0 Å². The van der Waals surface area contributed by atoms with E-state index in [0.29, 0.717) is 18.5 Å². The Hall–Kier alpha value is -1.81. The molecule has 0 unspecified atom stereocenters. The van der Waals surface area contributed by atoms with Crippen LogP contribution in [0.2, 0.25) is 0 Å². The molecule has 2 aliphatic rings. The minimum absolute atomic E-state index is 0.124. The Kier molecular flexibility index (Phi) is 3.85. The molecule has 2 heterocycles. The predicted octanol–water partition coefficient (Wildman–Crippen LogP) is 3.14. The van der Waals surface area contributed by atoms with Gasteiger partial charge in [-0.25, -0.2) is 0 Å². The molecule has 1 aliphatic heterocycles. The van der Waals surface area contributed by atoms with Crippen molar-refractivity contribution < 1.29 is 4.79 Å². The highest BCUT2D eigenvalue weighted by molar-refractivity contribution is 5.83. The van der Waals surface area contributed by atoms with Gasteiger partial charge >= 0.3 is 0 Å². The van der Waals surface area contributed by atoms with E-state index in [2.05, 4.69) is 41.1 Å². The number of rotatable bonds is 5. The molecule has 1 aliphatic carbocycles. The number of amides is 1. The van der Waals surface area contributed by atoms with Crippen LogP contribution >= 0.6 is 0 Å². The van der Waals surface area contributed by atoms with Gasteiger partial charge in [0.05, 0.1) is 6.04 Å². The standard InChI is InChI=1S/C19H25N3O/c1-2-21(13-14-5-8-17-15(12-14)9-10-20-17)19(23)18-4-3-11-22(18)16-6-7-16/h5,8-10,12,16,18,20H,2-4,6-7,11,13H2,1H3/t18-/m0/s1. The smallest absolute Gasteiger partial charge is 0.240 e. The largest absolute Gasteiger partial charge is 0.361 e. The number of nitrogens with zero attached hydrogens (tertiary/aromatic N) is 2. The molecule has 4 heteroatoms. The van der Waals surface area contributed by atoms with Crippen LogP contribution in [-0.4, -0.2) is 45.9 Å². The van der Waals surface area contributed by atoms with Gasteiger partial charge in [0.2, 0.25) is 5.91 Å². The summed E-state index contributed by atoms with van der Waals surface area (Å²) in [5, 5.41) is 1.21. The number of aromatic nitrogens is 1. The summed E-state index contributed by atoms with van der Waals surface area (Å²) in [4.78, 5) is 20.7. The number of likely N-dealkylation sites (N-methyl/N-ethyl adjacent to an activating group) is 1. The molecule has 122 valence electrons. The zero-order chi connectivity index (χ0) is 15.8. The summed E-state index contributed by atoms with van der Waals surface area (Å²) in [6.07, 6.45) is 6.71. The second-order valence-corrected chi connectivity index (χ2v) is 6.88. The van der Waals surface area contributed by atoms with Crippen LogP contribution in [0.4, 0.5) is 0 Å². The average molecular weight is 311 g/mol. The normalized spacial score (nSPS) is 21.9. The van der Waals surface area contributed by atoms with Crippen LogP contribution in [-0.2, 0) is 11.3 Å². The molecule has 1 aromatic carbocycles. The molecule has 1 N–H and O–H groups in total. The molecule has 0 bridgehead atoms. The zero-order valence-electron chi connectivity index (χ0n) is 13.8. The Labute approximate surface area is 137 Å². The molecule has 0 spiro atoms. The van der Waals surface area contributed by atoms with Gasteiger partial charge in [0.25, 0.3) is 0 Å². The number of carbonyl (C=O) groups excluding carboxylic acids is 1. The summed E-state index contributed by atoms with van der Waals surface area (Å²) in [6.45, 7) is 4.68. The highest BCUT2D eigenvalue weighted by Gasteiger charge is 2.41. The van der Waals surface area contributed by atoms with Crippen molar-refractivity contribution >= 4 is 16.8 Å². The molecular formula is C19H25N3O. The van der Waals surface area contributed by atoms with Gasteiger partial charge in [-0.1, -0.05) is 6.07 Å². The van der Waals surface area contributed by atoms with Gasteiger partial charge in [-0.3, -0.25) is 9.69 Å². The fourth-order valence-corrected chi connectivity index (χ4v) is 3.88. The van der Waals surface area contributed by atoms with Crippen LogP contribution < -0.4 is 0 Å². The van der Waals surface area contributed by atoms with E-state index in [1.54, 1.807) is 0 Å². The van der Waals surface area contributed by atoms with Gasteiger partial charge in [-0.15, -0.1) is 0 Å². The summed E-state index contributed by atoms with van der Waals surface area (Å²) in [7, 11) is 0. The van der Waals surface area contributed by atoms with Crippen molar-refractivity contribution in [1.82, 2.24) is 14.8 Å². The highest BCUT2D eigenvalue weighted by Crippen LogP contribution is 2.34. The Morgan fingerprint density at radius 3 is 2.96 bits per heavy atom. The van der Waals surface area contributed by atoms with E-state index >= 15 is 0 Å². The molecule has 1 saturated carbocycles. The van der Waals surface area contributed by atoms with Crippen LogP contribution in [0.15, 0.2) is 30.5 Å². The van der Waals surface area contributed by atoms with E-state index < -0.39 is 0 Å². The molecule has 0 radical (unpaired) electrons. The first-order valence-corrected chi connectivity index (χ1v) is 8.87. The van der Waals surface area contributed by atoms with Gasteiger partial charge in [0.15, 0.2) is 0 Å². The lowest BCUT2D eigenvalue weighted by Crippen LogP contribution is -2.46. The first-order chi connectivity index (χ1) is 11.3. The molecule has 2 aromatic rings. The lowest BCUT2D eigenvalue weighted by Gasteiger charge is -2.29. The Bertz CT molecular complexity index is 703. The third kappa shape index (κ3) is 2.88. The number of H-pyrrole nitrogens is 1. The number of hydrogen-bond acceptors (Lipinski definition) is 2. The van der Waals surface area contributed by atoms with Crippen molar-refractivity contribution in [3.63, 3.8) is 0 Å². The van der Waals surface area contributed by atoms with Crippen LogP contribution in [0, 0.1) is 0 Å². The topological polar surface area (TPSA) is 39.3 Å². The number of likely N-dealkylation sites (tertiary alicyclic amines) is 1. The first-order valence-electron chi connectivity index (χ1n) is 8.87. The quantitative estimate of drug-likeness (QED) is 0.921. The van der Waals surface area contributed by atoms with E-state index in [9.17, 15) is 4.79 Å². The summed E-state index contributed by atoms with van der Waals surface area (Å²) in [5.41, 5.74) is 2.36. The van der Waals surface area contributed by atoms with E-state index in [0.717, 1.165) is 25.0 Å². The number of nitrogens with one attached hydrogen (secondary N) is 1. The third-order valence-electron chi connectivity index (χ3n) is 5.28. The van der Waals surface area contributed by atoms with Gasteiger partial charge in [0, 0.05) is 30.8 Å². The molecule has 1 saturated heterocycles. The zero-order valence-corrected chi connectivity index (χ0v) is 13.8. The van der Waals surface area contributed by atoms with Crippen molar-refractivity contribution in [2.24, 2.45) is 0 Å². The Morgan fingerprint density at radius 1 is 1.30 bits per heavy atom. The van der Waals surface area contributed by atoms with Crippen LogP contribution in [0.1, 0.15) is 38.2 Å². The molecule has 4 nitrogen and oxygen atoms in total. The molecular weight excluding hydrogens is 286 g/mol. The maximum Gasteiger partial charge on any atom is 0.240 e. The molecule has 1 atom stereocenters. The summed E-state index contributed by atoms with van der Waals surface area (Å²) in [5.74, 6) is 0.325. The van der Waals surface area contributed by atoms with E-state index in [1.165, 1.54) is 30.2 Å². The van der Waals surface area contributed by atoms with Gasteiger partial charge in [0.1, 0.15) is 0 Å². The molecule has 1 amide bonds. The average Bonchev–Trinajstić information content (AvgIpc) is 3.12. The van der Waals surface area contributed by atoms with Crippen molar-refractivity contribution in [1.29, 1.82) is 0 Å². The van der Waals surface area contributed by atoms with E-state index in [4.69, 9.17) is 0 Å². The van der Waals surface area contributed by atoms with E-state index in [1.807, 2.05) is 11.1 Å². The van der Waals surface area contributed by atoms with Gasteiger partial charge in [-0.2, -0.15) is 0 Å². The molecule has 23 heavy (non-hydrogen) atoms. The first kappa shape index (κ1) is 14.8. The second kappa shape index (κ2) is 6.00. The number of aromatic amines is 1. The maximum absolute atomic E-state index is 13.0. The third-order valence-corrected chi connectivity index (χ3v) is 5.28. The van der Waals surface area contributed by atoms with E-state index in [-0.39, 0.29) is 6.04 Å². The summed E-state index contributed by atoms with van der Waals surface area (Å²) >= 11 is 0. The minimum atomic E-state index is 0.124.